The second-order valence-electron chi connectivity index (χ2n) is 5.33. The van der Waals surface area contributed by atoms with Crippen LogP contribution in [0, 0.1) is 10.1 Å². The maximum atomic E-state index is 11.1. The summed E-state index contributed by atoms with van der Waals surface area (Å²) in [6.07, 6.45) is 5.61. The van der Waals surface area contributed by atoms with Gasteiger partial charge in [-0.1, -0.05) is 54.1 Å². The Hall–Kier alpha value is -2.59. The van der Waals surface area contributed by atoms with Crippen molar-refractivity contribution >= 4 is 28.6 Å². The number of fused-ring (bicyclic) bond motifs is 1. The lowest BCUT2D eigenvalue weighted by atomic mass is 9.97. The number of aromatic nitrogens is 1. The van der Waals surface area contributed by atoms with Gasteiger partial charge in [-0.05, 0) is 29.3 Å². The van der Waals surface area contributed by atoms with Gasteiger partial charge in [0.1, 0.15) is 0 Å². The maximum Gasteiger partial charge on any atom is 0.214 e. The Labute approximate surface area is 138 Å². The first kappa shape index (κ1) is 15.3. The van der Waals surface area contributed by atoms with Gasteiger partial charge >= 0.3 is 0 Å². The van der Waals surface area contributed by atoms with Crippen LogP contribution in [0.25, 0.3) is 17.0 Å². The summed E-state index contributed by atoms with van der Waals surface area (Å²) in [4.78, 5) is 13.9. The van der Waals surface area contributed by atoms with Gasteiger partial charge in [-0.2, -0.15) is 0 Å². The summed E-state index contributed by atoms with van der Waals surface area (Å²) in [5.74, 6) is -0.322. The van der Waals surface area contributed by atoms with Gasteiger partial charge in [0, 0.05) is 27.0 Å². The molecular weight excluding hydrogens is 312 g/mol. The molecule has 0 aliphatic heterocycles. The minimum absolute atomic E-state index is 0.164. The Balaban J connectivity index is 1.99. The molecule has 116 valence electrons. The van der Waals surface area contributed by atoms with Crippen molar-refractivity contribution in [1.82, 2.24) is 4.98 Å². The van der Waals surface area contributed by atoms with Gasteiger partial charge in [-0.15, -0.1) is 0 Å². The molecule has 4 nitrogen and oxygen atoms in total. The number of rotatable bonds is 5. The van der Waals surface area contributed by atoms with E-state index in [9.17, 15) is 10.1 Å². The molecular formula is C18H15ClN2O2. The van der Waals surface area contributed by atoms with Crippen LogP contribution in [0.1, 0.15) is 17.0 Å². The van der Waals surface area contributed by atoms with E-state index in [1.807, 2.05) is 60.8 Å². The number of benzene rings is 2. The van der Waals surface area contributed by atoms with Crippen molar-refractivity contribution in [3.8, 4) is 0 Å². The molecule has 5 heteroatoms. The van der Waals surface area contributed by atoms with Crippen molar-refractivity contribution in [2.45, 2.75) is 5.92 Å². The molecule has 0 spiro atoms. The third-order valence-electron chi connectivity index (χ3n) is 3.74. The Morgan fingerprint density at radius 2 is 2.00 bits per heavy atom. The number of nitro groups is 1. The highest BCUT2D eigenvalue weighted by molar-refractivity contribution is 6.31. The molecule has 0 fully saturated rings. The fourth-order valence-corrected chi connectivity index (χ4v) is 2.81. The van der Waals surface area contributed by atoms with Crippen molar-refractivity contribution in [2.75, 3.05) is 6.54 Å². The largest absolute Gasteiger partial charge is 0.361 e. The zero-order valence-electron chi connectivity index (χ0n) is 12.3. The van der Waals surface area contributed by atoms with Crippen molar-refractivity contribution in [1.29, 1.82) is 0 Å². The zero-order chi connectivity index (χ0) is 16.2. The van der Waals surface area contributed by atoms with Crippen molar-refractivity contribution in [3.63, 3.8) is 0 Å². The highest BCUT2D eigenvalue weighted by atomic mass is 35.5. The molecule has 0 amide bonds. The molecule has 3 rings (SSSR count). The van der Waals surface area contributed by atoms with Gasteiger partial charge in [0.25, 0.3) is 0 Å². The fourth-order valence-electron chi connectivity index (χ4n) is 2.64. The summed E-state index contributed by atoms with van der Waals surface area (Å²) >= 11 is 6.07. The molecule has 0 saturated carbocycles. The van der Waals surface area contributed by atoms with E-state index in [4.69, 9.17) is 11.6 Å². The normalized spacial score (nSPS) is 12.7. The van der Waals surface area contributed by atoms with Gasteiger partial charge < -0.3 is 4.98 Å². The van der Waals surface area contributed by atoms with Crippen LogP contribution < -0.4 is 0 Å². The van der Waals surface area contributed by atoms with E-state index in [2.05, 4.69) is 4.98 Å². The fraction of sp³-hybridized carbons (Fsp3) is 0.111. The minimum Gasteiger partial charge on any atom is -0.361 e. The smallest absolute Gasteiger partial charge is 0.214 e. The standard InChI is InChI=1S/C18H15ClN2O2/c19-15-8-9-18-16(10-15)17(11-20-18)14(12-21(22)23)7-6-13-4-2-1-3-5-13/h1-11,14,20H,12H2/b7-6+. The first-order chi connectivity index (χ1) is 11.1. The van der Waals surface area contributed by atoms with E-state index >= 15 is 0 Å². The van der Waals surface area contributed by atoms with Crippen LogP contribution >= 0.6 is 11.6 Å². The first-order valence-corrected chi connectivity index (χ1v) is 7.63. The Morgan fingerprint density at radius 3 is 2.74 bits per heavy atom. The molecule has 2 aromatic carbocycles. The zero-order valence-corrected chi connectivity index (χ0v) is 13.0. The van der Waals surface area contributed by atoms with Crippen LogP contribution in [0.4, 0.5) is 0 Å². The number of H-pyrrole nitrogens is 1. The third-order valence-corrected chi connectivity index (χ3v) is 3.98. The number of nitrogens with one attached hydrogen (secondary N) is 1. The quantitative estimate of drug-likeness (QED) is 0.535. The predicted molar refractivity (Wildman–Crippen MR) is 93.4 cm³/mol. The van der Waals surface area contributed by atoms with E-state index < -0.39 is 0 Å². The van der Waals surface area contributed by atoms with Crippen LogP contribution in [0.2, 0.25) is 5.02 Å². The molecule has 0 aliphatic rings. The van der Waals surface area contributed by atoms with Crippen molar-refractivity contribution < 1.29 is 4.92 Å². The molecule has 1 unspecified atom stereocenters. The maximum absolute atomic E-state index is 11.1. The van der Waals surface area contributed by atoms with Crippen molar-refractivity contribution in [3.05, 3.63) is 87.1 Å². The van der Waals surface area contributed by atoms with E-state index in [1.54, 1.807) is 6.07 Å². The summed E-state index contributed by atoms with van der Waals surface area (Å²) in [6.45, 7) is -0.164. The molecule has 3 aromatic rings. The van der Waals surface area contributed by atoms with Crippen LogP contribution in [0.15, 0.2) is 60.8 Å². The predicted octanol–water partition coefficient (Wildman–Crippen LogP) is 4.90. The van der Waals surface area contributed by atoms with Gasteiger partial charge in [-0.3, -0.25) is 10.1 Å². The van der Waals surface area contributed by atoms with Crippen LogP contribution in [-0.2, 0) is 0 Å². The molecule has 1 aromatic heterocycles. The summed E-state index contributed by atoms with van der Waals surface area (Å²) in [5.41, 5.74) is 2.82. The Kier molecular flexibility index (Phi) is 4.44. The summed E-state index contributed by atoms with van der Waals surface area (Å²) in [5, 5.41) is 12.6. The highest BCUT2D eigenvalue weighted by Gasteiger charge is 2.18. The average molecular weight is 327 g/mol. The molecule has 1 N–H and O–H groups in total. The Bertz CT molecular complexity index is 856. The number of nitrogens with zero attached hydrogens (tertiary/aromatic N) is 1. The lowest BCUT2D eigenvalue weighted by Crippen LogP contribution is -2.10. The van der Waals surface area contributed by atoms with Crippen molar-refractivity contribution in [2.24, 2.45) is 0 Å². The van der Waals surface area contributed by atoms with Crippen LogP contribution in [0.5, 0.6) is 0 Å². The van der Waals surface area contributed by atoms with Gasteiger partial charge in [0.2, 0.25) is 6.54 Å². The first-order valence-electron chi connectivity index (χ1n) is 7.25. The topological polar surface area (TPSA) is 58.9 Å². The summed E-state index contributed by atoms with van der Waals surface area (Å²) in [7, 11) is 0. The number of hydrogen-bond acceptors (Lipinski definition) is 2. The molecule has 0 bridgehead atoms. The summed E-state index contributed by atoms with van der Waals surface area (Å²) < 4.78 is 0. The number of hydrogen-bond donors (Lipinski definition) is 1. The molecule has 0 saturated heterocycles. The summed E-state index contributed by atoms with van der Waals surface area (Å²) in [6, 6.07) is 15.3. The molecule has 0 radical (unpaired) electrons. The van der Waals surface area contributed by atoms with E-state index in [0.29, 0.717) is 5.02 Å². The molecule has 1 heterocycles. The van der Waals surface area contributed by atoms with Gasteiger partial charge in [0.15, 0.2) is 0 Å². The second kappa shape index (κ2) is 6.67. The third kappa shape index (κ3) is 3.60. The molecule has 23 heavy (non-hydrogen) atoms. The van der Waals surface area contributed by atoms with Gasteiger partial charge in [0.05, 0.1) is 5.92 Å². The lowest BCUT2D eigenvalue weighted by molar-refractivity contribution is -0.481. The van der Waals surface area contributed by atoms with E-state index in [-0.39, 0.29) is 17.4 Å². The number of aromatic amines is 1. The van der Waals surface area contributed by atoms with Crippen LogP contribution in [-0.4, -0.2) is 16.5 Å². The van der Waals surface area contributed by atoms with Crippen LogP contribution in [0.3, 0.4) is 0 Å². The molecule has 0 aliphatic carbocycles. The van der Waals surface area contributed by atoms with E-state index in [0.717, 1.165) is 22.0 Å². The highest BCUT2D eigenvalue weighted by Crippen LogP contribution is 2.29. The number of halogens is 1. The van der Waals surface area contributed by atoms with Gasteiger partial charge in [-0.25, -0.2) is 0 Å². The minimum atomic E-state index is -0.322. The monoisotopic (exact) mass is 326 g/mol. The molecule has 1 atom stereocenters. The van der Waals surface area contributed by atoms with E-state index in [1.165, 1.54) is 0 Å². The lowest BCUT2D eigenvalue weighted by Gasteiger charge is -2.07. The second-order valence-corrected chi connectivity index (χ2v) is 5.76. The Morgan fingerprint density at radius 1 is 1.22 bits per heavy atom. The SMILES string of the molecule is O=[N+]([O-])CC(/C=C/c1ccccc1)c1c[nH]c2ccc(Cl)cc12. The average Bonchev–Trinajstić information content (AvgIpc) is 2.95.